The van der Waals surface area contributed by atoms with Crippen LogP contribution in [0, 0.1) is 13.8 Å². The highest BCUT2D eigenvalue weighted by Crippen LogP contribution is 2.41. The summed E-state index contributed by atoms with van der Waals surface area (Å²) in [6.45, 7) is 6.49. The minimum absolute atomic E-state index is 0.180. The van der Waals surface area contributed by atoms with Gasteiger partial charge in [0.1, 0.15) is 15.6 Å². The zero-order valence-corrected chi connectivity index (χ0v) is 23.8. The summed E-state index contributed by atoms with van der Waals surface area (Å²) in [5.41, 5.74) is 5.72. The van der Waals surface area contributed by atoms with E-state index < -0.39 is 16.1 Å². The van der Waals surface area contributed by atoms with Gasteiger partial charge in [0.05, 0.1) is 24.9 Å². The van der Waals surface area contributed by atoms with Gasteiger partial charge >= 0.3 is 6.09 Å². The molecule has 0 saturated carbocycles. The van der Waals surface area contributed by atoms with Gasteiger partial charge in [-0.25, -0.2) is 32.9 Å². The summed E-state index contributed by atoms with van der Waals surface area (Å²) in [6, 6.07) is 10.7. The van der Waals surface area contributed by atoms with Gasteiger partial charge in [-0.1, -0.05) is 13.0 Å². The van der Waals surface area contributed by atoms with E-state index in [-0.39, 0.29) is 9.77 Å². The maximum absolute atomic E-state index is 13.0. The molecule has 0 bridgehead atoms. The fourth-order valence-electron chi connectivity index (χ4n) is 4.53. The van der Waals surface area contributed by atoms with Gasteiger partial charge in [-0.2, -0.15) is 0 Å². The SMILES string of the molecule is CCc1nc2c(C)cc(C)nc2n1Cc1ccc(-c2cc(-c3cccnc3OC)sc2S(=O)(=O)NC(=O)O)nc1. The quantitative estimate of drug-likeness (QED) is 0.264. The molecule has 206 valence electrons. The molecule has 2 N–H and O–H groups in total. The monoisotopic (exact) mass is 578 g/mol. The van der Waals surface area contributed by atoms with E-state index in [1.54, 1.807) is 41.4 Å². The Morgan fingerprint density at radius 1 is 1.12 bits per heavy atom. The van der Waals surface area contributed by atoms with Gasteiger partial charge in [0, 0.05) is 34.9 Å². The van der Waals surface area contributed by atoms with Crippen LogP contribution >= 0.6 is 11.3 Å². The van der Waals surface area contributed by atoms with Gasteiger partial charge in [-0.3, -0.25) is 4.98 Å². The minimum Gasteiger partial charge on any atom is -0.481 e. The zero-order valence-electron chi connectivity index (χ0n) is 22.2. The Morgan fingerprint density at radius 2 is 1.93 bits per heavy atom. The summed E-state index contributed by atoms with van der Waals surface area (Å²) in [5.74, 6) is 1.22. The molecule has 0 aliphatic carbocycles. The highest BCUT2D eigenvalue weighted by molar-refractivity contribution is 7.92. The van der Waals surface area contributed by atoms with E-state index in [1.807, 2.05) is 32.9 Å². The van der Waals surface area contributed by atoms with Gasteiger partial charge in [-0.05, 0) is 55.3 Å². The largest absolute Gasteiger partial charge is 0.481 e. The summed E-state index contributed by atoms with van der Waals surface area (Å²) in [7, 11) is -2.92. The van der Waals surface area contributed by atoms with E-state index in [9.17, 15) is 13.2 Å². The molecule has 5 heterocycles. The number of pyridine rings is 3. The number of methoxy groups -OCH3 is 1. The summed E-state index contributed by atoms with van der Waals surface area (Å²) < 4.78 is 34.8. The number of aromatic nitrogens is 5. The lowest BCUT2D eigenvalue weighted by Gasteiger charge is -2.09. The number of hydrogen-bond donors (Lipinski definition) is 2. The van der Waals surface area contributed by atoms with Crippen molar-refractivity contribution in [1.29, 1.82) is 0 Å². The molecule has 13 heteroatoms. The van der Waals surface area contributed by atoms with Crippen molar-refractivity contribution in [3.8, 4) is 27.6 Å². The van der Waals surface area contributed by atoms with Crippen LogP contribution in [0.25, 0.3) is 32.9 Å². The second kappa shape index (κ2) is 10.7. The topological polar surface area (TPSA) is 149 Å². The number of fused-ring (bicyclic) bond motifs is 1. The van der Waals surface area contributed by atoms with Gasteiger partial charge < -0.3 is 14.4 Å². The molecule has 0 spiro atoms. The fourth-order valence-corrected chi connectivity index (χ4v) is 7.06. The number of sulfonamides is 1. The summed E-state index contributed by atoms with van der Waals surface area (Å²) in [6.07, 6.45) is 2.29. The van der Waals surface area contributed by atoms with Crippen LogP contribution in [0.15, 0.2) is 53.0 Å². The van der Waals surface area contributed by atoms with Crippen molar-refractivity contribution < 1.29 is 23.1 Å². The van der Waals surface area contributed by atoms with E-state index in [1.165, 1.54) is 7.11 Å². The van der Waals surface area contributed by atoms with Crippen LogP contribution in [0.2, 0.25) is 0 Å². The molecule has 40 heavy (non-hydrogen) atoms. The van der Waals surface area contributed by atoms with Gasteiger partial charge in [0.25, 0.3) is 10.0 Å². The van der Waals surface area contributed by atoms with Gasteiger partial charge in [0.2, 0.25) is 5.88 Å². The number of aryl methyl sites for hydroxylation is 3. The maximum atomic E-state index is 13.0. The third-order valence-electron chi connectivity index (χ3n) is 6.25. The lowest BCUT2D eigenvalue weighted by molar-refractivity contribution is 0.201. The number of carboxylic acid groups (broad SMARTS) is 1. The predicted octanol–water partition coefficient (Wildman–Crippen LogP) is 4.81. The molecule has 5 rings (SSSR count). The first-order valence-corrected chi connectivity index (χ1v) is 14.6. The molecule has 0 radical (unpaired) electrons. The number of thiophene rings is 1. The molecule has 11 nitrogen and oxygen atoms in total. The first-order valence-electron chi connectivity index (χ1n) is 12.3. The molecule has 5 aromatic heterocycles. The average molecular weight is 579 g/mol. The van der Waals surface area contributed by atoms with Crippen molar-refractivity contribution in [3.63, 3.8) is 0 Å². The smallest absolute Gasteiger partial charge is 0.418 e. The molecule has 0 atom stereocenters. The molecule has 0 aliphatic heterocycles. The van der Waals surface area contributed by atoms with E-state index >= 15 is 0 Å². The van der Waals surface area contributed by atoms with Crippen LogP contribution in [0.5, 0.6) is 5.88 Å². The van der Waals surface area contributed by atoms with Crippen molar-refractivity contribution in [2.45, 2.75) is 37.9 Å². The van der Waals surface area contributed by atoms with Crippen molar-refractivity contribution in [1.82, 2.24) is 29.2 Å². The number of imidazole rings is 1. The number of ether oxygens (including phenoxy) is 1. The highest BCUT2D eigenvalue weighted by Gasteiger charge is 2.27. The van der Waals surface area contributed by atoms with Crippen LogP contribution in [0.3, 0.4) is 0 Å². The summed E-state index contributed by atoms with van der Waals surface area (Å²) in [5, 5.41) is 9.15. The van der Waals surface area contributed by atoms with Crippen molar-refractivity contribution in [2.75, 3.05) is 7.11 Å². The molecule has 5 aromatic rings. The fraction of sp³-hybridized carbons (Fsp3) is 0.222. The van der Waals surface area contributed by atoms with E-state index in [0.29, 0.717) is 28.6 Å². The van der Waals surface area contributed by atoms with Gasteiger partial charge in [-0.15, -0.1) is 11.3 Å². The molecule has 0 fully saturated rings. The Labute approximate surface area is 234 Å². The molecule has 0 unspecified atom stereocenters. The average Bonchev–Trinajstić information content (AvgIpc) is 3.52. The Hall–Kier alpha value is -4.36. The Kier molecular flexibility index (Phi) is 7.25. The normalized spacial score (nSPS) is 11.6. The number of amides is 1. The summed E-state index contributed by atoms with van der Waals surface area (Å²) >= 11 is 0.908. The third-order valence-corrected chi connectivity index (χ3v) is 9.28. The second-order valence-corrected chi connectivity index (χ2v) is 12.0. The van der Waals surface area contributed by atoms with Crippen LogP contribution in [0.4, 0.5) is 4.79 Å². The Bertz CT molecular complexity index is 1850. The van der Waals surface area contributed by atoms with E-state index in [4.69, 9.17) is 19.8 Å². The third kappa shape index (κ3) is 5.12. The molecular weight excluding hydrogens is 552 g/mol. The van der Waals surface area contributed by atoms with E-state index in [0.717, 1.165) is 51.6 Å². The lowest BCUT2D eigenvalue weighted by atomic mass is 10.1. The highest BCUT2D eigenvalue weighted by atomic mass is 32.2. The molecule has 1 amide bonds. The van der Waals surface area contributed by atoms with Crippen LogP contribution < -0.4 is 9.46 Å². The standard InChI is InChI=1S/C27H26N6O5S2/c1-5-22-31-23-15(2)11-16(3)30-24(23)33(22)14-17-8-9-20(29-13-17)19-12-21(18-7-6-10-28-25(18)38-4)39-26(19)40(36,37)32-27(34)35/h6-13,32H,5,14H2,1-4H3,(H,34,35). The Morgan fingerprint density at radius 3 is 2.60 bits per heavy atom. The molecule has 0 aliphatic rings. The number of nitrogens with zero attached hydrogens (tertiary/aromatic N) is 5. The molecular formula is C27H26N6O5S2. The number of hydrogen-bond acceptors (Lipinski definition) is 9. The second-order valence-electron chi connectivity index (χ2n) is 9.05. The van der Waals surface area contributed by atoms with Crippen LogP contribution in [0.1, 0.15) is 29.6 Å². The molecule has 0 aromatic carbocycles. The first-order chi connectivity index (χ1) is 19.1. The van der Waals surface area contributed by atoms with Crippen molar-refractivity contribution in [3.05, 3.63) is 71.4 Å². The number of carbonyl (C=O) groups is 1. The summed E-state index contributed by atoms with van der Waals surface area (Å²) in [4.78, 5) is 30.0. The molecule has 0 saturated heterocycles. The van der Waals surface area contributed by atoms with Crippen molar-refractivity contribution in [2.24, 2.45) is 0 Å². The maximum Gasteiger partial charge on any atom is 0.418 e. The number of rotatable bonds is 8. The zero-order chi connectivity index (χ0) is 28.6. The van der Waals surface area contributed by atoms with E-state index in [2.05, 4.69) is 14.5 Å². The van der Waals surface area contributed by atoms with Crippen LogP contribution in [-0.4, -0.2) is 51.2 Å². The van der Waals surface area contributed by atoms with Crippen LogP contribution in [-0.2, 0) is 23.0 Å². The van der Waals surface area contributed by atoms with Crippen molar-refractivity contribution >= 4 is 38.6 Å². The Balaban J connectivity index is 1.56. The minimum atomic E-state index is -4.39. The predicted molar refractivity (Wildman–Crippen MR) is 151 cm³/mol. The number of nitrogens with one attached hydrogen (secondary N) is 1. The lowest BCUT2D eigenvalue weighted by Crippen LogP contribution is -2.28. The first kappa shape index (κ1) is 27.2. The van der Waals surface area contributed by atoms with Gasteiger partial charge in [0.15, 0.2) is 5.65 Å².